The lowest BCUT2D eigenvalue weighted by atomic mass is 10.0. The van der Waals surface area contributed by atoms with Gasteiger partial charge in [0.15, 0.2) is 6.61 Å². The van der Waals surface area contributed by atoms with Crippen LogP contribution in [0.4, 0.5) is 0 Å². The van der Waals surface area contributed by atoms with Crippen molar-refractivity contribution in [1.82, 2.24) is 10.6 Å². The van der Waals surface area contributed by atoms with Gasteiger partial charge in [-0.1, -0.05) is 68.4 Å². The van der Waals surface area contributed by atoms with Gasteiger partial charge < -0.3 is 15.4 Å². The third kappa shape index (κ3) is 5.60. The zero-order chi connectivity index (χ0) is 21.5. The van der Waals surface area contributed by atoms with Gasteiger partial charge >= 0.3 is 0 Å². The van der Waals surface area contributed by atoms with Crippen molar-refractivity contribution in [3.8, 4) is 5.75 Å². The average molecular weight is 405 g/mol. The fourth-order valence-electron chi connectivity index (χ4n) is 3.00. The maximum absolute atomic E-state index is 12.9. The van der Waals surface area contributed by atoms with Crippen LogP contribution in [0.1, 0.15) is 36.7 Å². The van der Waals surface area contributed by atoms with E-state index in [0.29, 0.717) is 23.8 Å². The van der Waals surface area contributed by atoms with Crippen LogP contribution in [-0.2, 0) is 11.3 Å². The molecule has 0 aliphatic heterocycles. The second kappa shape index (κ2) is 9.92. The summed E-state index contributed by atoms with van der Waals surface area (Å²) in [5.74, 6) is 0.274. The molecule has 1 atom stereocenters. The summed E-state index contributed by atoms with van der Waals surface area (Å²) in [5, 5.41) is 7.74. The van der Waals surface area contributed by atoms with E-state index < -0.39 is 0 Å². The Labute approximate surface area is 177 Å². The Morgan fingerprint density at radius 3 is 2.20 bits per heavy atom. The Balaban J connectivity index is 1.77. The molecular weight excluding hydrogens is 376 g/mol. The van der Waals surface area contributed by atoms with Crippen LogP contribution in [0.5, 0.6) is 5.75 Å². The minimum absolute atomic E-state index is 0.0475. The first kappa shape index (κ1) is 21.4. The Kier molecular flexibility index (Phi) is 7.07. The van der Waals surface area contributed by atoms with Gasteiger partial charge in [-0.25, -0.2) is 0 Å². The number of ether oxygens (including phenoxy) is 1. The van der Waals surface area contributed by atoms with E-state index in [1.807, 2.05) is 81.4 Å². The number of rotatable bonds is 8. The Morgan fingerprint density at radius 1 is 0.900 bits per heavy atom. The predicted octanol–water partition coefficient (Wildman–Crippen LogP) is 4.31. The zero-order valence-corrected chi connectivity index (χ0v) is 17.6. The van der Waals surface area contributed by atoms with Crippen LogP contribution < -0.4 is 15.4 Å². The highest BCUT2D eigenvalue weighted by Gasteiger charge is 2.17. The number of carbonyl (C=O) groups excluding carboxylic acids is 2. The van der Waals surface area contributed by atoms with Gasteiger partial charge in [-0.05, 0) is 41.3 Å². The molecule has 3 aromatic rings. The first-order valence-corrected chi connectivity index (χ1v) is 10.2. The number of fused-ring (bicyclic) bond motifs is 1. The van der Waals surface area contributed by atoms with E-state index in [1.54, 1.807) is 6.07 Å². The Hall–Kier alpha value is -3.34. The molecule has 1 unspecified atom stereocenters. The fraction of sp³-hybridized carbons (Fsp3) is 0.280. The van der Waals surface area contributed by atoms with Crippen LogP contribution in [0, 0.1) is 5.92 Å². The van der Waals surface area contributed by atoms with E-state index in [1.165, 1.54) is 0 Å². The molecule has 5 nitrogen and oxygen atoms in total. The van der Waals surface area contributed by atoms with E-state index in [0.717, 1.165) is 16.3 Å². The molecule has 2 amide bonds. The molecule has 0 aliphatic carbocycles. The Bertz CT molecular complexity index is 1020. The van der Waals surface area contributed by atoms with E-state index in [9.17, 15) is 9.59 Å². The van der Waals surface area contributed by atoms with E-state index in [4.69, 9.17) is 4.74 Å². The predicted molar refractivity (Wildman–Crippen MR) is 119 cm³/mol. The highest BCUT2D eigenvalue weighted by atomic mass is 16.5. The van der Waals surface area contributed by atoms with Gasteiger partial charge in [0.1, 0.15) is 5.75 Å². The Morgan fingerprint density at radius 2 is 1.53 bits per heavy atom. The lowest BCUT2D eigenvalue weighted by Crippen LogP contribution is -2.39. The number of hydrogen-bond acceptors (Lipinski definition) is 3. The molecule has 0 heterocycles. The van der Waals surface area contributed by atoms with Gasteiger partial charge in [-0.15, -0.1) is 0 Å². The molecule has 0 bridgehead atoms. The summed E-state index contributed by atoms with van der Waals surface area (Å²) in [6.45, 7) is 6.32. The van der Waals surface area contributed by atoms with Crippen LogP contribution >= 0.6 is 0 Å². The second-order valence-corrected chi connectivity index (χ2v) is 7.75. The van der Waals surface area contributed by atoms with Crippen LogP contribution in [0.2, 0.25) is 0 Å². The molecule has 0 radical (unpaired) electrons. The molecule has 0 aliphatic rings. The summed E-state index contributed by atoms with van der Waals surface area (Å²) in [7, 11) is 0. The topological polar surface area (TPSA) is 67.4 Å². The average Bonchev–Trinajstić information content (AvgIpc) is 2.76. The third-order valence-electron chi connectivity index (χ3n) is 5.14. The molecule has 0 spiro atoms. The summed E-state index contributed by atoms with van der Waals surface area (Å²) < 4.78 is 5.79. The van der Waals surface area contributed by atoms with E-state index in [2.05, 4.69) is 10.6 Å². The zero-order valence-electron chi connectivity index (χ0n) is 17.6. The number of nitrogens with one attached hydrogen (secondary N) is 2. The monoisotopic (exact) mass is 404 g/mol. The first-order valence-electron chi connectivity index (χ1n) is 10.2. The summed E-state index contributed by atoms with van der Waals surface area (Å²) in [6, 6.07) is 21.1. The molecule has 0 aromatic heterocycles. The molecule has 0 saturated carbocycles. The minimum atomic E-state index is -0.240. The van der Waals surface area contributed by atoms with Crippen LogP contribution in [0.3, 0.4) is 0 Å². The number of amides is 2. The van der Waals surface area contributed by atoms with Crippen molar-refractivity contribution < 1.29 is 14.3 Å². The molecule has 30 heavy (non-hydrogen) atoms. The smallest absolute Gasteiger partial charge is 0.258 e. The third-order valence-corrected chi connectivity index (χ3v) is 5.14. The van der Waals surface area contributed by atoms with Crippen LogP contribution in [0.25, 0.3) is 10.8 Å². The quantitative estimate of drug-likeness (QED) is 0.588. The standard InChI is InChI=1S/C25H28N2O3/c1-17(2)18(3)27-24(28)16-30-23-14-21-12-8-7-11-20(21)13-22(23)25(29)26-15-19-9-5-4-6-10-19/h4-14,17-18H,15-16H2,1-3H3,(H,26,29)(H,27,28). The number of hydrogen-bond donors (Lipinski definition) is 2. The summed E-state index contributed by atoms with van der Waals surface area (Å²) in [6.07, 6.45) is 0. The molecule has 5 heteroatoms. The second-order valence-electron chi connectivity index (χ2n) is 7.75. The summed E-state index contributed by atoms with van der Waals surface area (Å²) >= 11 is 0. The van der Waals surface area contributed by atoms with Gasteiger partial charge in [0.2, 0.25) is 0 Å². The van der Waals surface area contributed by atoms with Gasteiger partial charge in [-0.2, -0.15) is 0 Å². The molecule has 2 N–H and O–H groups in total. The molecular formula is C25H28N2O3. The lowest BCUT2D eigenvalue weighted by molar-refractivity contribution is -0.124. The number of benzene rings is 3. The summed E-state index contributed by atoms with van der Waals surface area (Å²) in [5.41, 5.74) is 1.42. The van der Waals surface area contributed by atoms with Crippen molar-refractivity contribution in [2.45, 2.75) is 33.4 Å². The maximum atomic E-state index is 12.9. The normalized spacial score (nSPS) is 11.9. The molecule has 3 rings (SSSR count). The molecule has 0 fully saturated rings. The van der Waals surface area contributed by atoms with Gasteiger partial charge in [0, 0.05) is 12.6 Å². The number of carbonyl (C=O) groups is 2. The lowest BCUT2D eigenvalue weighted by Gasteiger charge is -2.18. The highest BCUT2D eigenvalue weighted by molar-refractivity contribution is 6.01. The maximum Gasteiger partial charge on any atom is 0.258 e. The molecule has 0 saturated heterocycles. The van der Waals surface area contributed by atoms with Crippen LogP contribution in [-0.4, -0.2) is 24.5 Å². The van der Waals surface area contributed by atoms with E-state index >= 15 is 0 Å². The van der Waals surface area contributed by atoms with Crippen molar-refractivity contribution in [3.63, 3.8) is 0 Å². The summed E-state index contributed by atoms with van der Waals surface area (Å²) in [4.78, 5) is 25.2. The van der Waals surface area contributed by atoms with Gasteiger partial charge in [0.05, 0.1) is 5.56 Å². The van der Waals surface area contributed by atoms with Crippen molar-refractivity contribution in [1.29, 1.82) is 0 Å². The fourth-order valence-corrected chi connectivity index (χ4v) is 3.00. The van der Waals surface area contributed by atoms with Crippen molar-refractivity contribution >= 4 is 22.6 Å². The van der Waals surface area contributed by atoms with Crippen molar-refractivity contribution in [2.24, 2.45) is 5.92 Å². The molecule has 156 valence electrons. The first-order chi connectivity index (χ1) is 14.4. The SMILES string of the molecule is CC(C)C(C)NC(=O)COc1cc2ccccc2cc1C(=O)NCc1ccccc1. The van der Waals surface area contributed by atoms with Crippen molar-refractivity contribution in [2.75, 3.05) is 6.61 Å². The van der Waals surface area contributed by atoms with E-state index in [-0.39, 0.29) is 24.5 Å². The molecule has 3 aromatic carbocycles. The van der Waals surface area contributed by atoms with Crippen molar-refractivity contribution in [3.05, 3.63) is 77.9 Å². The highest BCUT2D eigenvalue weighted by Crippen LogP contribution is 2.26. The largest absolute Gasteiger partial charge is 0.483 e. The minimum Gasteiger partial charge on any atom is -0.483 e. The van der Waals surface area contributed by atoms with Gasteiger partial charge in [0.25, 0.3) is 11.8 Å². The van der Waals surface area contributed by atoms with Crippen LogP contribution in [0.15, 0.2) is 66.7 Å². The van der Waals surface area contributed by atoms with Gasteiger partial charge in [-0.3, -0.25) is 9.59 Å².